The lowest BCUT2D eigenvalue weighted by Crippen LogP contribution is -2.09. The van der Waals surface area contributed by atoms with E-state index in [0.29, 0.717) is 18.8 Å². The molecule has 0 aliphatic rings. The number of ether oxygens (including phenoxy) is 1. The molecule has 0 saturated heterocycles. The molecule has 0 aliphatic heterocycles. The maximum Gasteiger partial charge on any atom is 0.142 e. The molecule has 0 saturated carbocycles. The summed E-state index contributed by atoms with van der Waals surface area (Å²) < 4.78 is 7.29. The summed E-state index contributed by atoms with van der Waals surface area (Å²) in [6, 6.07) is 5.73. The monoisotopic (exact) mass is 218 g/mol. The zero-order valence-corrected chi connectivity index (χ0v) is 9.13. The Bertz CT molecular complexity index is 453. The number of nitrogens with zero attached hydrogens (tertiary/aromatic N) is 3. The zero-order valence-electron chi connectivity index (χ0n) is 9.13. The predicted octanol–water partition coefficient (Wildman–Crippen LogP) is 1.25. The van der Waals surface area contributed by atoms with Gasteiger partial charge in [0, 0.05) is 0 Å². The van der Waals surface area contributed by atoms with E-state index in [4.69, 9.17) is 10.5 Å². The van der Waals surface area contributed by atoms with Crippen molar-refractivity contribution in [3.63, 3.8) is 0 Å². The SMILES string of the molecule is Cc1ccc(N)c(OCCn2cncn2)c1. The van der Waals surface area contributed by atoms with E-state index in [2.05, 4.69) is 10.1 Å². The number of aromatic nitrogens is 3. The van der Waals surface area contributed by atoms with Gasteiger partial charge in [-0.25, -0.2) is 9.67 Å². The van der Waals surface area contributed by atoms with Gasteiger partial charge in [-0.1, -0.05) is 6.07 Å². The molecule has 1 aromatic heterocycles. The summed E-state index contributed by atoms with van der Waals surface area (Å²) in [5.41, 5.74) is 7.58. The van der Waals surface area contributed by atoms with Crippen molar-refractivity contribution in [3.8, 4) is 5.75 Å². The Morgan fingerprint density at radius 3 is 3.06 bits per heavy atom. The Morgan fingerprint density at radius 2 is 2.31 bits per heavy atom. The first kappa shape index (κ1) is 10.5. The molecule has 0 fully saturated rings. The largest absolute Gasteiger partial charge is 0.489 e. The van der Waals surface area contributed by atoms with Crippen molar-refractivity contribution in [1.82, 2.24) is 14.8 Å². The number of aryl methyl sites for hydroxylation is 1. The summed E-state index contributed by atoms with van der Waals surface area (Å²) in [6.07, 6.45) is 3.16. The third-order valence-corrected chi connectivity index (χ3v) is 2.21. The van der Waals surface area contributed by atoms with Crippen molar-refractivity contribution in [2.24, 2.45) is 0 Å². The average molecular weight is 218 g/mol. The molecular weight excluding hydrogens is 204 g/mol. The Labute approximate surface area is 93.9 Å². The predicted molar refractivity (Wildman–Crippen MR) is 61.1 cm³/mol. The van der Waals surface area contributed by atoms with Crippen LogP contribution in [0.4, 0.5) is 5.69 Å². The van der Waals surface area contributed by atoms with Crippen molar-refractivity contribution in [2.45, 2.75) is 13.5 Å². The normalized spacial score (nSPS) is 10.3. The molecule has 1 aromatic carbocycles. The van der Waals surface area contributed by atoms with Crippen molar-refractivity contribution in [2.75, 3.05) is 12.3 Å². The molecule has 2 rings (SSSR count). The number of hydrogen-bond acceptors (Lipinski definition) is 4. The van der Waals surface area contributed by atoms with Crippen molar-refractivity contribution in [3.05, 3.63) is 36.4 Å². The number of nitrogen functional groups attached to an aromatic ring is 1. The number of hydrogen-bond donors (Lipinski definition) is 1. The van der Waals surface area contributed by atoms with Crippen LogP contribution in [0.2, 0.25) is 0 Å². The van der Waals surface area contributed by atoms with Crippen LogP contribution in [0.25, 0.3) is 0 Å². The fraction of sp³-hybridized carbons (Fsp3) is 0.273. The molecule has 0 amide bonds. The van der Waals surface area contributed by atoms with Crippen molar-refractivity contribution in [1.29, 1.82) is 0 Å². The fourth-order valence-electron chi connectivity index (χ4n) is 1.36. The van der Waals surface area contributed by atoms with E-state index in [-0.39, 0.29) is 0 Å². The lowest BCUT2D eigenvalue weighted by atomic mass is 10.2. The first-order valence-electron chi connectivity index (χ1n) is 5.07. The second-order valence-corrected chi connectivity index (χ2v) is 3.55. The van der Waals surface area contributed by atoms with Gasteiger partial charge in [0.1, 0.15) is 25.0 Å². The van der Waals surface area contributed by atoms with Gasteiger partial charge in [0.05, 0.1) is 12.2 Å². The van der Waals surface area contributed by atoms with E-state index in [9.17, 15) is 0 Å². The number of rotatable bonds is 4. The van der Waals surface area contributed by atoms with E-state index in [1.54, 1.807) is 11.0 Å². The molecule has 5 heteroatoms. The third kappa shape index (κ3) is 2.50. The highest BCUT2D eigenvalue weighted by atomic mass is 16.5. The molecule has 0 bridgehead atoms. The lowest BCUT2D eigenvalue weighted by molar-refractivity contribution is 0.292. The van der Waals surface area contributed by atoms with Crippen molar-refractivity contribution < 1.29 is 4.74 Å². The minimum absolute atomic E-state index is 0.525. The summed E-state index contributed by atoms with van der Waals surface area (Å²) >= 11 is 0. The van der Waals surface area contributed by atoms with Gasteiger partial charge in [0.25, 0.3) is 0 Å². The van der Waals surface area contributed by atoms with Crippen LogP contribution < -0.4 is 10.5 Å². The zero-order chi connectivity index (χ0) is 11.4. The molecule has 0 unspecified atom stereocenters. The molecule has 2 aromatic rings. The van der Waals surface area contributed by atoms with Gasteiger partial charge in [0.15, 0.2) is 0 Å². The van der Waals surface area contributed by atoms with Gasteiger partial charge < -0.3 is 10.5 Å². The average Bonchev–Trinajstić information content (AvgIpc) is 2.76. The summed E-state index contributed by atoms with van der Waals surface area (Å²) in [5.74, 6) is 0.722. The minimum Gasteiger partial charge on any atom is -0.489 e. The van der Waals surface area contributed by atoms with Crippen LogP contribution in [0.15, 0.2) is 30.9 Å². The Balaban J connectivity index is 1.92. The summed E-state index contributed by atoms with van der Waals surface area (Å²) in [6.45, 7) is 3.19. The minimum atomic E-state index is 0.525. The Morgan fingerprint density at radius 1 is 1.44 bits per heavy atom. The topological polar surface area (TPSA) is 66.0 Å². The van der Waals surface area contributed by atoms with Crippen LogP contribution in [0, 0.1) is 6.92 Å². The van der Waals surface area contributed by atoms with Gasteiger partial charge in [-0.15, -0.1) is 0 Å². The van der Waals surface area contributed by atoms with Gasteiger partial charge in [-0.3, -0.25) is 0 Å². The van der Waals surface area contributed by atoms with Crippen LogP contribution >= 0.6 is 0 Å². The molecule has 1 heterocycles. The molecular formula is C11H14N4O. The van der Waals surface area contributed by atoms with Gasteiger partial charge in [-0.05, 0) is 24.6 Å². The molecule has 16 heavy (non-hydrogen) atoms. The number of anilines is 1. The molecule has 84 valence electrons. The lowest BCUT2D eigenvalue weighted by Gasteiger charge is -2.09. The van der Waals surface area contributed by atoms with E-state index in [1.165, 1.54) is 6.33 Å². The highest BCUT2D eigenvalue weighted by Gasteiger charge is 2.00. The second kappa shape index (κ2) is 4.65. The van der Waals surface area contributed by atoms with E-state index < -0.39 is 0 Å². The second-order valence-electron chi connectivity index (χ2n) is 3.55. The molecule has 0 radical (unpaired) electrons. The Hall–Kier alpha value is -2.04. The standard InChI is InChI=1S/C11H14N4O/c1-9-2-3-10(12)11(6-9)16-5-4-15-8-13-7-14-15/h2-3,6-8H,4-5,12H2,1H3. The Kier molecular flexibility index (Phi) is 3.05. The summed E-state index contributed by atoms with van der Waals surface area (Å²) in [5, 5.41) is 3.98. The van der Waals surface area contributed by atoms with Gasteiger partial charge in [-0.2, -0.15) is 5.10 Å². The maximum absolute atomic E-state index is 5.79. The molecule has 0 spiro atoms. The quantitative estimate of drug-likeness (QED) is 0.784. The summed E-state index contributed by atoms with van der Waals surface area (Å²) in [4.78, 5) is 3.85. The highest BCUT2D eigenvalue weighted by molar-refractivity contribution is 5.53. The van der Waals surface area contributed by atoms with E-state index >= 15 is 0 Å². The molecule has 5 nitrogen and oxygen atoms in total. The van der Waals surface area contributed by atoms with Crippen LogP contribution in [-0.4, -0.2) is 21.4 Å². The first-order valence-corrected chi connectivity index (χ1v) is 5.07. The number of benzene rings is 1. The first-order chi connectivity index (χ1) is 7.75. The smallest absolute Gasteiger partial charge is 0.142 e. The van der Waals surface area contributed by atoms with Crippen LogP contribution in [-0.2, 0) is 6.54 Å². The highest BCUT2D eigenvalue weighted by Crippen LogP contribution is 2.22. The third-order valence-electron chi connectivity index (χ3n) is 2.21. The van der Waals surface area contributed by atoms with Crippen LogP contribution in [0.1, 0.15) is 5.56 Å². The maximum atomic E-state index is 5.79. The van der Waals surface area contributed by atoms with Gasteiger partial charge in [0.2, 0.25) is 0 Å². The molecule has 2 N–H and O–H groups in total. The van der Waals surface area contributed by atoms with Gasteiger partial charge >= 0.3 is 0 Å². The molecule has 0 aliphatic carbocycles. The number of nitrogens with two attached hydrogens (primary N) is 1. The fourth-order valence-corrected chi connectivity index (χ4v) is 1.36. The molecule has 0 atom stereocenters. The van der Waals surface area contributed by atoms with E-state index in [0.717, 1.165) is 11.3 Å². The van der Waals surface area contributed by atoms with Crippen LogP contribution in [0.5, 0.6) is 5.75 Å². The van der Waals surface area contributed by atoms with E-state index in [1.807, 2.05) is 25.1 Å². The van der Waals surface area contributed by atoms with Crippen LogP contribution in [0.3, 0.4) is 0 Å². The van der Waals surface area contributed by atoms with Crippen molar-refractivity contribution >= 4 is 5.69 Å². The summed E-state index contributed by atoms with van der Waals surface area (Å²) in [7, 11) is 0.